The average Bonchev–Trinajstić information content (AvgIpc) is 0.928. The first-order valence-electron chi connectivity index (χ1n) is 36.6. The molecule has 0 aliphatic carbocycles. The van der Waals surface area contributed by atoms with Crippen LogP contribution in [0, 0.1) is 33.2 Å². The molecule has 14 aromatic rings. The van der Waals surface area contributed by atoms with E-state index in [-0.39, 0.29) is 37.4 Å². The van der Waals surface area contributed by atoms with E-state index in [1.165, 1.54) is 17.3 Å². The number of aryl methyl sites for hydroxylation is 9. The number of nitrogen functional groups attached to an aromatic ring is 1. The number of rotatable bonds is 17. The van der Waals surface area contributed by atoms with Crippen molar-refractivity contribution in [2.24, 2.45) is 4.99 Å². The van der Waals surface area contributed by atoms with Gasteiger partial charge in [-0.1, -0.05) is 170 Å². The number of aromatic nitrogens is 16. The van der Waals surface area contributed by atoms with Crippen molar-refractivity contribution in [1.29, 1.82) is 0 Å². The Morgan fingerprint density at radius 3 is 1.05 bits per heavy atom. The molecular weight excluding hydrogens is 1870 g/mol. The molecule has 1 aliphatic rings. The number of nitrogens with zero attached hydrogens (tertiary/aromatic N) is 19. The standard InChI is InChI=1S/C28H26F3N7.C28H24F3N7.C10H15N.C9H8BrN3.C5H3Br2N.C5H7N.FH.Pt/c2*1-4-20-9-6-10-21(5-2)27(20)38(25-13-7-11-23(32-25)36-17-15-19(3)34-36)26-14-8-12-24(33-26)37-18-16-22(35-37)28(29,30)31;1-3-8-6-5-7-9(4-2)10(8)11;1-7-5-6-13(12-7)9-4-2-3-8(10)11-9;6-4-2-1-3-5(7)8-4;1-5-3-2-4-6-5;;/h6-18H,4-5H2,1-3H3;6-16H,4-5H2,1-3H3;5-7H,3-4,11H2,1-2H3;2-6H,1H3;1-3H;2-3H,4H2,1H3;1H;/q;-2;;;;;;+2. The van der Waals surface area contributed by atoms with Crippen LogP contribution in [0.2, 0.25) is 0 Å². The van der Waals surface area contributed by atoms with Crippen LogP contribution in [0.1, 0.15) is 110 Å². The smallest absolute Gasteiger partial charge is 0.398 e. The second-order valence-electron chi connectivity index (χ2n) is 25.4. The first kappa shape index (κ1) is 90.6. The molecule has 20 nitrogen and oxygen atoms in total. The quantitative estimate of drug-likeness (QED) is 0.0389. The van der Waals surface area contributed by atoms with Gasteiger partial charge in [0, 0.05) is 30.0 Å². The Morgan fingerprint density at radius 1 is 0.388 bits per heavy atom. The molecule has 0 spiro atoms. The largest absolute Gasteiger partial charge is 2.00 e. The maximum absolute atomic E-state index is 13.2. The molecule has 604 valence electrons. The minimum Gasteiger partial charge on any atom is -0.398 e. The maximum atomic E-state index is 13.2. The molecule has 3 aromatic carbocycles. The van der Waals surface area contributed by atoms with Gasteiger partial charge in [-0.05, 0) is 231 Å². The number of pyridine rings is 6. The Labute approximate surface area is 708 Å². The van der Waals surface area contributed by atoms with E-state index in [1.54, 1.807) is 50.4 Å². The predicted molar refractivity (Wildman–Crippen MR) is 449 cm³/mol. The number of aliphatic imine (C=N–C) groups is 1. The number of allylic oxidation sites excluding steroid dienone is 1. The molecule has 0 unspecified atom stereocenters. The van der Waals surface area contributed by atoms with Crippen LogP contribution in [0.5, 0.6) is 0 Å². The summed E-state index contributed by atoms with van der Waals surface area (Å²) in [5, 5.41) is 20.5. The van der Waals surface area contributed by atoms with Crippen LogP contribution < -0.4 is 15.5 Å². The number of nitrogens with two attached hydrogens (primary N) is 1. The third kappa shape index (κ3) is 24.1. The molecule has 0 saturated heterocycles. The molecule has 0 amide bonds. The Bertz CT molecular complexity index is 5260. The van der Waals surface area contributed by atoms with E-state index >= 15 is 0 Å². The fourth-order valence-corrected chi connectivity index (χ4v) is 13.0. The van der Waals surface area contributed by atoms with Crippen LogP contribution in [0.15, 0.2) is 244 Å². The summed E-state index contributed by atoms with van der Waals surface area (Å²) >= 11 is 9.76. The second-order valence-corrected chi connectivity index (χ2v) is 27.8. The number of alkyl halides is 6. The molecule has 15 rings (SSSR count). The van der Waals surface area contributed by atoms with Gasteiger partial charge in [-0.3, -0.25) is 39.7 Å². The Hall–Kier alpha value is -10.9. The summed E-state index contributed by atoms with van der Waals surface area (Å²) in [6.45, 7) is 21.2. The second kappa shape index (κ2) is 42.6. The molecule has 1 aliphatic heterocycles. The van der Waals surface area contributed by atoms with E-state index < -0.39 is 23.7 Å². The van der Waals surface area contributed by atoms with Gasteiger partial charge in [0.1, 0.15) is 37.1 Å². The summed E-state index contributed by atoms with van der Waals surface area (Å²) in [7, 11) is 0. The van der Waals surface area contributed by atoms with Gasteiger partial charge in [-0.25, -0.2) is 34.0 Å². The van der Waals surface area contributed by atoms with Crippen molar-refractivity contribution in [3.05, 3.63) is 313 Å². The number of anilines is 7. The Balaban J connectivity index is 0.000000198. The van der Waals surface area contributed by atoms with Crippen LogP contribution in [0.3, 0.4) is 0 Å². The van der Waals surface area contributed by atoms with Gasteiger partial charge in [0.2, 0.25) is 0 Å². The van der Waals surface area contributed by atoms with Crippen molar-refractivity contribution in [2.45, 2.75) is 120 Å². The van der Waals surface area contributed by atoms with Gasteiger partial charge in [-0.2, -0.15) is 41.6 Å². The molecule has 31 heteroatoms. The summed E-state index contributed by atoms with van der Waals surface area (Å²) in [5.74, 6) is 4.63. The van der Waals surface area contributed by atoms with Gasteiger partial charge in [0.05, 0.1) is 46.6 Å². The predicted octanol–water partition coefficient (Wildman–Crippen LogP) is 21.6. The maximum Gasteiger partial charge on any atom is 2.00 e. The molecular formula is C85H84Br3F7N20Pt. The molecule has 0 atom stereocenters. The van der Waals surface area contributed by atoms with Crippen molar-refractivity contribution < 1.29 is 52.1 Å². The molecule has 0 fully saturated rings. The molecule has 0 radical (unpaired) electrons. The number of para-hydroxylation sites is 3. The number of benzene rings is 3. The average molecular weight is 1950 g/mol. The van der Waals surface area contributed by atoms with Crippen molar-refractivity contribution in [3.63, 3.8) is 0 Å². The topological polar surface area (TPSA) is 211 Å². The van der Waals surface area contributed by atoms with Gasteiger partial charge < -0.3 is 15.1 Å². The monoisotopic (exact) mass is 1950 g/mol. The van der Waals surface area contributed by atoms with E-state index in [1.807, 2.05) is 159 Å². The summed E-state index contributed by atoms with van der Waals surface area (Å²) in [4.78, 5) is 35.4. The van der Waals surface area contributed by atoms with Crippen molar-refractivity contribution in [1.82, 2.24) is 78.8 Å². The van der Waals surface area contributed by atoms with Crippen molar-refractivity contribution in [2.75, 3.05) is 22.1 Å². The van der Waals surface area contributed by atoms with Gasteiger partial charge in [-0.15, -0.1) is 12.1 Å². The first-order chi connectivity index (χ1) is 54.8. The van der Waals surface area contributed by atoms with E-state index in [4.69, 9.17) is 25.7 Å². The molecule has 11 aromatic heterocycles. The van der Waals surface area contributed by atoms with Crippen molar-refractivity contribution in [3.8, 4) is 29.1 Å². The fraction of sp³-hybridized carbons (Fsp3) is 0.224. The minimum absolute atomic E-state index is 0. The summed E-state index contributed by atoms with van der Waals surface area (Å²) in [6, 6.07) is 58.8. The third-order valence-corrected chi connectivity index (χ3v) is 18.7. The number of halogens is 10. The molecule has 12 heterocycles. The van der Waals surface area contributed by atoms with Crippen LogP contribution in [0.25, 0.3) is 29.1 Å². The first-order valence-corrected chi connectivity index (χ1v) is 39.0. The van der Waals surface area contributed by atoms with Crippen LogP contribution in [-0.2, 0) is 71.9 Å². The minimum atomic E-state index is -4.58. The van der Waals surface area contributed by atoms with E-state index in [2.05, 4.69) is 191 Å². The summed E-state index contributed by atoms with van der Waals surface area (Å²) < 4.78 is 88.8. The summed E-state index contributed by atoms with van der Waals surface area (Å²) in [5.41, 5.74) is 17.4. The van der Waals surface area contributed by atoms with E-state index in [0.29, 0.717) is 34.9 Å². The van der Waals surface area contributed by atoms with E-state index in [9.17, 15) is 26.3 Å². The van der Waals surface area contributed by atoms with Crippen LogP contribution in [-0.4, -0.2) is 91.1 Å². The fourth-order valence-electron chi connectivity index (χ4n) is 11.7. The molecule has 0 saturated carbocycles. The Morgan fingerprint density at radius 2 is 0.733 bits per heavy atom. The molecule has 116 heavy (non-hydrogen) atoms. The zero-order chi connectivity index (χ0) is 81.6. The van der Waals surface area contributed by atoms with E-state index in [0.717, 1.165) is 148 Å². The number of hydrogen-bond donors (Lipinski definition) is 1. The zero-order valence-corrected chi connectivity index (χ0v) is 72.0. The zero-order valence-electron chi connectivity index (χ0n) is 65.0. The molecule has 0 bridgehead atoms. The van der Waals surface area contributed by atoms with Crippen molar-refractivity contribution >= 4 is 93.8 Å². The van der Waals surface area contributed by atoms with Gasteiger partial charge in [0.15, 0.2) is 23.1 Å². The van der Waals surface area contributed by atoms with Crippen LogP contribution >= 0.6 is 47.8 Å². The normalized spacial score (nSPS) is 11.3. The number of hydrogen-bond acceptors (Lipinski definition) is 15. The SMILES string of the molecule is Brc1cccc(Br)n1.CC1=NCC=C1.CCc1cccc(CC)c1N.CCc1cccc(CC)c1N(c1cccc(-n2[c-]cc(C)n2)n1)c1cccc(-n2[c-]cc(C(F)(F)F)n2)n1.CCc1cccc(CC)c1N(c1cccc(-n2ccc(C)n2)n1)c1cccc(-n2ccc(C(F)(F)F)n2)n1.Cc1ccn(-c2cccc(Br)n2)n1.F.[Pt+2]. The van der Waals surface area contributed by atoms with Gasteiger partial charge >= 0.3 is 33.4 Å². The Kier molecular flexibility index (Phi) is 33.3. The molecule has 2 N–H and O–H groups in total. The summed E-state index contributed by atoms with van der Waals surface area (Å²) in [6.07, 6.45) is 10.7. The third-order valence-electron chi connectivity index (χ3n) is 17.3. The van der Waals surface area contributed by atoms with Gasteiger partial charge in [0.25, 0.3) is 0 Å². The van der Waals surface area contributed by atoms with Crippen LogP contribution in [0.4, 0.5) is 71.4 Å².